The Morgan fingerprint density at radius 3 is 1.46 bits per heavy atom. The smallest absolute Gasteiger partial charge is 0.240 e. The van der Waals surface area contributed by atoms with Crippen LogP contribution in [0.2, 0.25) is 0 Å². The fourth-order valence-corrected chi connectivity index (χ4v) is 3.38. The highest BCUT2D eigenvalue weighted by Crippen LogP contribution is 2.21. The molecule has 146 valence electrons. The van der Waals surface area contributed by atoms with Crippen molar-refractivity contribution in [3.05, 3.63) is 0 Å². The maximum atomic E-state index is 11.8. The number of unbranched alkanes of at least 4 members (excludes halogenated alkanes) is 1. The first-order valence-electron chi connectivity index (χ1n) is 10.2. The first-order chi connectivity index (χ1) is 12.5. The molecule has 2 amide bonds. The Hall–Kier alpha value is -1.72. The predicted molar refractivity (Wildman–Crippen MR) is 105 cm³/mol. The number of nitrogens with one attached hydrogen (secondary N) is 2. The van der Waals surface area contributed by atoms with Crippen LogP contribution in [0.1, 0.15) is 90.9 Å². The van der Waals surface area contributed by atoms with Gasteiger partial charge in [-0.3, -0.25) is 9.59 Å². The van der Waals surface area contributed by atoms with E-state index in [1.165, 1.54) is 0 Å². The summed E-state index contributed by atoms with van der Waals surface area (Å²) >= 11 is 0. The molecule has 0 atom stereocenters. The summed E-state index contributed by atoms with van der Waals surface area (Å²) in [5, 5.41) is 8.48. The summed E-state index contributed by atoms with van der Waals surface area (Å²) in [6, 6.07) is 0. The number of carbonyl (C=O) groups excluding carboxylic acids is 2. The van der Waals surface area contributed by atoms with Crippen LogP contribution in [0, 0.1) is 11.8 Å². The molecule has 6 nitrogen and oxygen atoms in total. The standard InChI is InChI=1S/C20H34N4O2/c1-15-7-11-17(12-8-15)21-23-19(25)5-3-4-6-20(26)24-22-18-13-9-16(2)10-14-18/h15-16H,3-14H2,1-2H3,(H,23,25)(H,24,26). The van der Waals surface area contributed by atoms with Crippen LogP contribution >= 0.6 is 0 Å². The third-order valence-electron chi connectivity index (χ3n) is 5.44. The molecule has 0 spiro atoms. The molecule has 0 heterocycles. The van der Waals surface area contributed by atoms with Gasteiger partial charge in [-0.05, 0) is 76.0 Å². The maximum Gasteiger partial charge on any atom is 0.240 e. The largest absolute Gasteiger partial charge is 0.273 e. The van der Waals surface area contributed by atoms with E-state index in [0.29, 0.717) is 25.7 Å². The fourth-order valence-electron chi connectivity index (χ4n) is 3.38. The minimum Gasteiger partial charge on any atom is -0.273 e. The molecule has 0 saturated heterocycles. The summed E-state index contributed by atoms with van der Waals surface area (Å²) in [5.74, 6) is 1.41. The highest BCUT2D eigenvalue weighted by atomic mass is 16.2. The SMILES string of the molecule is CC1CCC(=NNC(=O)CCCCC(=O)NN=C2CCC(C)CC2)CC1. The van der Waals surface area contributed by atoms with Crippen molar-refractivity contribution in [1.82, 2.24) is 10.9 Å². The van der Waals surface area contributed by atoms with E-state index in [0.717, 1.165) is 74.6 Å². The van der Waals surface area contributed by atoms with Gasteiger partial charge < -0.3 is 0 Å². The van der Waals surface area contributed by atoms with Crippen LogP contribution in [0.5, 0.6) is 0 Å². The van der Waals surface area contributed by atoms with Crippen LogP contribution in [0.3, 0.4) is 0 Å². The number of rotatable bonds is 7. The maximum absolute atomic E-state index is 11.8. The second-order valence-corrected chi connectivity index (χ2v) is 8.00. The Labute approximate surface area is 157 Å². The molecule has 0 aromatic carbocycles. The zero-order valence-electron chi connectivity index (χ0n) is 16.4. The molecule has 2 rings (SSSR count). The van der Waals surface area contributed by atoms with Gasteiger partial charge in [-0.1, -0.05) is 13.8 Å². The van der Waals surface area contributed by atoms with Crippen LogP contribution in [-0.4, -0.2) is 23.2 Å². The molecule has 2 fully saturated rings. The zero-order chi connectivity index (χ0) is 18.8. The zero-order valence-corrected chi connectivity index (χ0v) is 16.4. The molecule has 0 radical (unpaired) electrons. The lowest BCUT2D eigenvalue weighted by molar-refractivity contribution is -0.123. The average Bonchev–Trinajstić information content (AvgIpc) is 2.64. The Bertz CT molecular complexity index is 474. The Morgan fingerprint density at radius 1 is 0.769 bits per heavy atom. The van der Waals surface area contributed by atoms with Gasteiger partial charge in [0.05, 0.1) is 0 Å². The van der Waals surface area contributed by atoms with Crippen LogP contribution in [0.25, 0.3) is 0 Å². The molecule has 0 unspecified atom stereocenters. The molecule has 2 saturated carbocycles. The topological polar surface area (TPSA) is 82.9 Å². The van der Waals surface area contributed by atoms with E-state index >= 15 is 0 Å². The van der Waals surface area contributed by atoms with E-state index < -0.39 is 0 Å². The lowest BCUT2D eigenvalue weighted by Crippen LogP contribution is -2.22. The first-order valence-corrected chi connectivity index (χ1v) is 10.2. The summed E-state index contributed by atoms with van der Waals surface area (Å²) < 4.78 is 0. The predicted octanol–water partition coefficient (Wildman–Crippen LogP) is 3.91. The van der Waals surface area contributed by atoms with Gasteiger partial charge in [0.15, 0.2) is 0 Å². The van der Waals surface area contributed by atoms with E-state index in [1.54, 1.807) is 0 Å². The quantitative estimate of drug-likeness (QED) is 0.531. The highest BCUT2D eigenvalue weighted by molar-refractivity contribution is 5.87. The van der Waals surface area contributed by atoms with Crippen molar-refractivity contribution in [3.8, 4) is 0 Å². The normalized spacial score (nSPS) is 23.3. The lowest BCUT2D eigenvalue weighted by atomic mass is 9.90. The van der Waals surface area contributed by atoms with Crippen molar-refractivity contribution in [2.45, 2.75) is 90.9 Å². The number of carbonyl (C=O) groups is 2. The minimum absolute atomic E-state index is 0.0619. The van der Waals surface area contributed by atoms with Crippen molar-refractivity contribution < 1.29 is 9.59 Å². The van der Waals surface area contributed by atoms with E-state index in [2.05, 4.69) is 34.9 Å². The molecule has 6 heteroatoms. The van der Waals surface area contributed by atoms with E-state index in [4.69, 9.17) is 0 Å². The van der Waals surface area contributed by atoms with Crippen LogP contribution in [0.15, 0.2) is 10.2 Å². The van der Waals surface area contributed by atoms with Crippen LogP contribution < -0.4 is 10.9 Å². The summed E-state index contributed by atoms with van der Waals surface area (Å²) in [6.07, 6.45) is 10.8. The van der Waals surface area contributed by atoms with Crippen LogP contribution in [0.4, 0.5) is 0 Å². The van der Waals surface area contributed by atoms with Gasteiger partial charge in [0.2, 0.25) is 11.8 Å². The monoisotopic (exact) mass is 362 g/mol. The molecule has 26 heavy (non-hydrogen) atoms. The fraction of sp³-hybridized carbons (Fsp3) is 0.800. The first kappa shape index (κ1) is 20.6. The Kier molecular flexibility index (Phi) is 8.78. The van der Waals surface area contributed by atoms with E-state index in [1.807, 2.05) is 0 Å². The summed E-state index contributed by atoms with van der Waals surface area (Å²) in [7, 11) is 0. The number of amides is 2. The Morgan fingerprint density at radius 2 is 1.12 bits per heavy atom. The number of hydrazone groups is 2. The van der Waals surface area contributed by atoms with Crippen molar-refractivity contribution in [2.24, 2.45) is 22.0 Å². The van der Waals surface area contributed by atoms with Gasteiger partial charge in [-0.25, -0.2) is 10.9 Å². The van der Waals surface area contributed by atoms with Crippen molar-refractivity contribution >= 4 is 23.2 Å². The van der Waals surface area contributed by atoms with Crippen molar-refractivity contribution in [2.75, 3.05) is 0 Å². The van der Waals surface area contributed by atoms with Gasteiger partial charge in [0.1, 0.15) is 0 Å². The number of hydrogen-bond donors (Lipinski definition) is 2. The molecular weight excluding hydrogens is 328 g/mol. The summed E-state index contributed by atoms with van der Waals surface area (Å²) in [5.41, 5.74) is 7.51. The molecule has 0 bridgehead atoms. The third-order valence-corrected chi connectivity index (χ3v) is 5.44. The van der Waals surface area contributed by atoms with Crippen molar-refractivity contribution in [3.63, 3.8) is 0 Å². The molecular formula is C20H34N4O2. The number of hydrogen-bond acceptors (Lipinski definition) is 4. The average molecular weight is 363 g/mol. The molecule has 2 N–H and O–H groups in total. The molecule has 2 aliphatic rings. The summed E-state index contributed by atoms with van der Waals surface area (Å²) in [6.45, 7) is 4.51. The van der Waals surface area contributed by atoms with Gasteiger partial charge in [0, 0.05) is 24.3 Å². The molecule has 0 aromatic rings. The Balaban J connectivity index is 1.52. The van der Waals surface area contributed by atoms with E-state index in [9.17, 15) is 9.59 Å². The highest BCUT2D eigenvalue weighted by Gasteiger charge is 2.14. The minimum atomic E-state index is -0.0619. The van der Waals surface area contributed by atoms with Gasteiger partial charge in [-0.2, -0.15) is 10.2 Å². The molecule has 0 aromatic heterocycles. The molecule has 2 aliphatic carbocycles. The lowest BCUT2D eigenvalue weighted by Gasteiger charge is -2.18. The second kappa shape index (κ2) is 11.1. The summed E-state index contributed by atoms with van der Waals surface area (Å²) in [4.78, 5) is 23.6. The van der Waals surface area contributed by atoms with Gasteiger partial charge >= 0.3 is 0 Å². The second-order valence-electron chi connectivity index (χ2n) is 8.00. The van der Waals surface area contributed by atoms with Gasteiger partial charge in [0.25, 0.3) is 0 Å². The van der Waals surface area contributed by atoms with Gasteiger partial charge in [-0.15, -0.1) is 0 Å². The molecule has 0 aliphatic heterocycles. The number of nitrogens with zero attached hydrogens (tertiary/aromatic N) is 2. The van der Waals surface area contributed by atoms with Crippen LogP contribution in [-0.2, 0) is 9.59 Å². The van der Waals surface area contributed by atoms with Crippen molar-refractivity contribution in [1.29, 1.82) is 0 Å². The van der Waals surface area contributed by atoms with E-state index in [-0.39, 0.29) is 11.8 Å². The third kappa shape index (κ3) is 8.11.